The quantitative estimate of drug-likeness (QED) is 0.459. The Labute approximate surface area is 80.8 Å². The van der Waals surface area contributed by atoms with Gasteiger partial charge in [-0.25, -0.2) is 0 Å². The van der Waals surface area contributed by atoms with Crippen LogP contribution in [-0.4, -0.2) is 33.1 Å². The van der Waals surface area contributed by atoms with Gasteiger partial charge < -0.3 is 14.8 Å². The second-order valence-electron chi connectivity index (χ2n) is 3.62. The molecule has 0 aliphatic heterocycles. The van der Waals surface area contributed by atoms with E-state index in [1.807, 2.05) is 6.92 Å². The third-order valence-electron chi connectivity index (χ3n) is 2.28. The predicted molar refractivity (Wildman–Crippen MR) is 53.8 cm³/mol. The molecule has 0 radical (unpaired) electrons. The number of carbonyl (C=O) groups is 1. The Morgan fingerprint density at radius 3 is 2.62 bits per heavy atom. The molecule has 3 nitrogen and oxygen atoms in total. The number of hydrogen-bond donors (Lipinski definition) is 1. The number of hydrogen-bond acceptors (Lipinski definition) is 3. The minimum Gasteiger partial charge on any atom is -0.385 e. The zero-order chi connectivity index (χ0) is 10.2. The van der Waals surface area contributed by atoms with E-state index in [4.69, 9.17) is 4.74 Å². The highest BCUT2D eigenvalue weighted by molar-refractivity contribution is 5.58. The molecular weight excluding hydrogens is 166 g/mol. The average molecular weight is 187 g/mol. The normalized spacial score (nSPS) is 15.3. The highest BCUT2D eigenvalue weighted by Crippen LogP contribution is 2.22. The van der Waals surface area contributed by atoms with Gasteiger partial charge in [-0.05, 0) is 25.9 Å². The molecule has 0 fully saturated rings. The second-order valence-corrected chi connectivity index (χ2v) is 3.62. The summed E-state index contributed by atoms with van der Waals surface area (Å²) in [7, 11) is 1.66. The Morgan fingerprint density at radius 2 is 2.15 bits per heavy atom. The largest absolute Gasteiger partial charge is 0.385 e. The van der Waals surface area contributed by atoms with Gasteiger partial charge in [0, 0.05) is 19.1 Å². The van der Waals surface area contributed by atoms with Crippen molar-refractivity contribution in [1.82, 2.24) is 5.32 Å². The van der Waals surface area contributed by atoms with E-state index in [9.17, 15) is 4.79 Å². The fourth-order valence-corrected chi connectivity index (χ4v) is 1.13. The summed E-state index contributed by atoms with van der Waals surface area (Å²) < 4.78 is 4.97. The second kappa shape index (κ2) is 7.04. The number of carbonyl (C=O) groups excluding carboxylic acids is 1. The Hall–Kier alpha value is -0.410. The molecule has 1 unspecified atom stereocenters. The number of nitrogens with one attached hydrogen (secondary N) is 1. The van der Waals surface area contributed by atoms with Gasteiger partial charge in [0.25, 0.3) is 0 Å². The molecule has 0 aromatic carbocycles. The van der Waals surface area contributed by atoms with Crippen LogP contribution in [0.1, 0.15) is 26.7 Å². The molecule has 0 aliphatic rings. The number of ether oxygens (including phenoxy) is 1. The molecule has 0 rings (SSSR count). The molecule has 0 saturated carbocycles. The molecule has 0 spiro atoms. The van der Waals surface area contributed by atoms with Gasteiger partial charge in [-0.3, -0.25) is 0 Å². The van der Waals surface area contributed by atoms with Crippen molar-refractivity contribution in [2.45, 2.75) is 26.7 Å². The van der Waals surface area contributed by atoms with Gasteiger partial charge >= 0.3 is 0 Å². The van der Waals surface area contributed by atoms with Crippen LogP contribution < -0.4 is 5.32 Å². The summed E-state index contributed by atoms with van der Waals surface area (Å²) in [5, 5.41) is 3.21. The van der Waals surface area contributed by atoms with Crippen LogP contribution in [0, 0.1) is 5.41 Å². The lowest BCUT2D eigenvalue weighted by atomic mass is 9.85. The lowest BCUT2D eigenvalue weighted by Crippen LogP contribution is -2.27. The summed E-state index contributed by atoms with van der Waals surface area (Å²) in [6, 6.07) is 0. The van der Waals surface area contributed by atoms with E-state index in [-0.39, 0.29) is 5.41 Å². The Balaban J connectivity index is 3.74. The van der Waals surface area contributed by atoms with E-state index in [0.29, 0.717) is 6.61 Å². The van der Waals surface area contributed by atoms with E-state index in [2.05, 4.69) is 12.2 Å². The van der Waals surface area contributed by atoms with Crippen LogP contribution in [0.15, 0.2) is 0 Å². The fourth-order valence-electron chi connectivity index (χ4n) is 1.13. The summed E-state index contributed by atoms with van der Waals surface area (Å²) in [4.78, 5) is 10.8. The van der Waals surface area contributed by atoms with Crippen molar-refractivity contribution >= 4 is 6.29 Å². The van der Waals surface area contributed by atoms with Crippen LogP contribution in [0.5, 0.6) is 0 Å². The minimum atomic E-state index is -0.224. The summed E-state index contributed by atoms with van der Waals surface area (Å²) in [5.74, 6) is 0. The highest BCUT2D eigenvalue weighted by atomic mass is 16.5. The van der Waals surface area contributed by atoms with Gasteiger partial charge in [0.1, 0.15) is 6.29 Å². The summed E-state index contributed by atoms with van der Waals surface area (Å²) in [6.07, 6.45) is 2.73. The first-order valence-electron chi connectivity index (χ1n) is 4.84. The maximum absolute atomic E-state index is 10.8. The molecule has 0 aromatic rings. The van der Waals surface area contributed by atoms with Gasteiger partial charge in [-0.2, -0.15) is 0 Å². The van der Waals surface area contributed by atoms with Crippen molar-refractivity contribution in [3.05, 3.63) is 0 Å². The number of rotatable bonds is 8. The van der Waals surface area contributed by atoms with Gasteiger partial charge in [0.05, 0.1) is 0 Å². The van der Waals surface area contributed by atoms with E-state index < -0.39 is 0 Å². The lowest BCUT2D eigenvalue weighted by molar-refractivity contribution is -0.116. The van der Waals surface area contributed by atoms with Crippen molar-refractivity contribution in [3.8, 4) is 0 Å². The number of methoxy groups -OCH3 is 1. The monoisotopic (exact) mass is 187 g/mol. The number of aldehydes is 1. The van der Waals surface area contributed by atoms with Crippen LogP contribution in [-0.2, 0) is 9.53 Å². The summed E-state index contributed by atoms with van der Waals surface area (Å²) >= 11 is 0. The first kappa shape index (κ1) is 12.6. The molecule has 1 N–H and O–H groups in total. The molecule has 78 valence electrons. The smallest absolute Gasteiger partial charge is 0.125 e. The Bertz CT molecular complexity index is 139. The minimum absolute atomic E-state index is 0.224. The van der Waals surface area contributed by atoms with Crippen molar-refractivity contribution in [2.24, 2.45) is 5.41 Å². The molecule has 0 heterocycles. The SMILES string of the molecule is CCNCCC(C)(C=O)CCOC. The van der Waals surface area contributed by atoms with Crippen LogP contribution in [0.3, 0.4) is 0 Å². The Morgan fingerprint density at radius 1 is 1.46 bits per heavy atom. The maximum atomic E-state index is 10.8. The lowest BCUT2D eigenvalue weighted by Gasteiger charge is -2.22. The summed E-state index contributed by atoms with van der Waals surface area (Å²) in [5.41, 5.74) is -0.224. The molecule has 0 saturated heterocycles. The predicted octanol–water partition coefficient (Wildman–Crippen LogP) is 1.23. The van der Waals surface area contributed by atoms with Gasteiger partial charge in [0.15, 0.2) is 0 Å². The first-order valence-corrected chi connectivity index (χ1v) is 4.84. The van der Waals surface area contributed by atoms with Crippen molar-refractivity contribution in [1.29, 1.82) is 0 Å². The van der Waals surface area contributed by atoms with Gasteiger partial charge in [0.2, 0.25) is 0 Å². The molecule has 1 atom stereocenters. The maximum Gasteiger partial charge on any atom is 0.125 e. The third-order valence-corrected chi connectivity index (χ3v) is 2.28. The molecule has 0 aliphatic carbocycles. The topological polar surface area (TPSA) is 38.3 Å². The van der Waals surface area contributed by atoms with E-state index in [1.54, 1.807) is 7.11 Å². The van der Waals surface area contributed by atoms with Gasteiger partial charge in [-0.1, -0.05) is 13.8 Å². The van der Waals surface area contributed by atoms with Crippen LogP contribution in [0.25, 0.3) is 0 Å². The molecule has 13 heavy (non-hydrogen) atoms. The zero-order valence-corrected chi connectivity index (χ0v) is 8.93. The first-order chi connectivity index (χ1) is 6.18. The standard InChI is InChI=1S/C10H21NO2/c1-4-11-7-5-10(2,9-12)6-8-13-3/h9,11H,4-8H2,1-3H3. The molecule has 0 amide bonds. The summed E-state index contributed by atoms with van der Waals surface area (Å²) in [6.45, 7) is 6.56. The molecular formula is C10H21NO2. The molecule has 3 heteroatoms. The fraction of sp³-hybridized carbons (Fsp3) is 0.900. The van der Waals surface area contributed by atoms with E-state index in [1.165, 1.54) is 0 Å². The average Bonchev–Trinajstić information content (AvgIpc) is 2.15. The highest BCUT2D eigenvalue weighted by Gasteiger charge is 2.22. The van der Waals surface area contributed by atoms with Crippen molar-refractivity contribution in [2.75, 3.05) is 26.8 Å². The van der Waals surface area contributed by atoms with Crippen LogP contribution in [0.2, 0.25) is 0 Å². The van der Waals surface area contributed by atoms with E-state index >= 15 is 0 Å². The molecule has 0 bridgehead atoms. The zero-order valence-electron chi connectivity index (χ0n) is 8.93. The van der Waals surface area contributed by atoms with Gasteiger partial charge in [-0.15, -0.1) is 0 Å². The van der Waals surface area contributed by atoms with Crippen molar-refractivity contribution < 1.29 is 9.53 Å². The van der Waals surface area contributed by atoms with Crippen LogP contribution >= 0.6 is 0 Å². The molecule has 0 aromatic heterocycles. The Kier molecular flexibility index (Phi) is 6.82. The van der Waals surface area contributed by atoms with Crippen molar-refractivity contribution in [3.63, 3.8) is 0 Å². The van der Waals surface area contributed by atoms with E-state index in [0.717, 1.165) is 32.2 Å². The van der Waals surface area contributed by atoms with Crippen LogP contribution in [0.4, 0.5) is 0 Å². The third kappa shape index (κ3) is 5.77.